The molecule has 0 saturated heterocycles. The van der Waals surface area contributed by atoms with Crippen LogP contribution in [0.5, 0.6) is 0 Å². The maximum absolute atomic E-state index is 4.54. The zero-order chi connectivity index (χ0) is 14.1. The fraction of sp³-hybridized carbons (Fsp3) is 0.714. The van der Waals surface area contributed by atoms with Crippen LogP contribution in [-0.4, -0.2) is 24.5 Å². The Morgan fingerprint density at radius 1 is 1.32 bits per heavy atom. The molecule has 0 unspecified atom stereocenters. The van der Waals surface area contributed by atoms with E-state index in [0.29, 0.717) is 5.92 Å². The highest BCUT2D eigenvalue weighted by atomic mass is 32.1. The van der Waals surface area contributed by atoms with Crippen LogP contribution in [0.25, 0.3) is 0 Å². The summed E-state index contributed by atoms with van der Waals surface area (Å²) >= 11 is 1.72. The summed E-state index contributed by atoms with van der Waals surface area (Å²) in [5.41, 5.74) is 1.09. The average Bonchev–Trinajstić information content (AvgIpc) is 2.91. The fourth-order valence-electron chi connectivity index (χ4n) is 1.81. The summed E-state index contributed by atoms with van der Waals surface area (Å²) in [5, 5.41) is 9.99. The Morgan fingerprint density at radius 3 is 2.58 bits per heavy atom. The molecule has 0 amide bonds. The van der Waals surface area contributed by atoms with Gasteiger partial charge in [0.25, 0.3) is 0 Å². The molecule has 0 aromatic carbocycles. The molecule has 0 aliphatic rings. The second kappa shape index (κ2) is 8.91. The minimum atomic E-state index is 0.713. The molecule has 0 radical (unpaired) electrons. The summed E-state index contributed by atoms with van der Waals surface area (Å²) in [5.74, 6) is 1.57. The number of aliphatic imine (C=N–C) groups is 1. The third-order valence-electron chi connectivity index (χ3n) is 3.28. The lowest BCUT2D eigenvalue weighted by molar-refractivity contribution is 0.481. The number of nitrogens with one attached hydrogen (secondary N) is 2. The molecular weight excluding hydrogens is 256 g/mol. The van der Waals surface area contributed by atoms with Crippen LogP contribution in [0.1, 0.15) is 44.3 Å². The van der Waals surface area contributed by atoms with E-state index in [1.54, 1.807) is 18.4 Å². The molecule has 5 heteroatoms. The van der Waals surface area contributed by atoms with Crippen molar-refractivity contribution in [3.05, 3.63) is 16.1 Å². The molecule has 0 spiro atoms. The van der Waals surface area contributed by atoms with Gasteiger partial charge in [-0.2, -0.15) is 0 Å². The zero-order valence-electron chi connectivity index (χ0n) is 12.5. The van der Waals surface area contributed by atoms with Crippen LogP contribution < -0.4 is 10.6 Å². The average molecular weight is 282 g/mol. The molecule has 1 heterocycles. The number of aryl methyl sites for hydroxylation is 1. The summed E-state index contributed by atoms with van der Waals surface area (Å²) in [6.07, 6.45) is 3.41. The number of aromatic nitrogens is 1. The van der Waals surface area contributed by atoms with Gasteiger partial charge in [0.05, 0.1) is 17.2 Å². The van der Waals surface area contributed by atoms with Gasteiger partial charge in [0.2, 0.25) is 0 Å². The number of rotatable bonds is 7. The highest BCUT2D eigenvalue weighted by molar-refractivity contribution is 7.09. The van der Waals surface area contributed by atoms with Gasteiger partial charge < -0.3 is 10.6 Å². The van der Waals surface area contributed by atoms with Gasteiger partial charge >= 0.3 is 0 Å². The number of hydrogen-bond acceptors (Lipinski definition) is 3. The summed E-state index contributed by atoms with van der Waals surface area (Å²) in [7, 11) is 1.81. The first kappa shape index (κ1) is 16.0. The zero-order valence-corrected chi connectivity index (χ0v) is 13.3. The van der Waals surface area contributed by atoms with Gasteiger partial charge in [0.15, 0.2) is 5.96 Å². The van der Waals surface area contributed by atoms with E-state index in [9.17, 15) is 0 Å². The quantitative estimate of drug-likeness (QED) is 0.597. The molecular formula is C14H26N4S. The number of hydrogen-bond donors (Lipinski definition) is 2. The summed E-state index contributed by atoms with van der Waals surface area (Å²) in [4.78, 5) is 8.78. The lowest BCUT2D eigenvalue weighted by atomic mass is 10.0. The molecule has 0 bridgehead atoms. The van der Waals surface area contributed by atoms with Crippen molar-refractivity contribution in [3.63, 3.8) is 0 Å². The van der Waals surface area contributed by atoms with Crippen molar-refractivity contribution < 1.29 is 0 Å². The molecule has 1 aromatic heterocycles. The Bertz CT molecular complexity index is 383. The van der Waals surface area contributed by atoms with Crippen LogP contribution >= 0.6 is 11.3 Å². The number of nitrogens with zero attached hydrogens (tertiary/aromatic N) is 2. The van der Waals surface area contributed by atoms with Crippen molar-refractivity contribution in [2.24, 2.45) is 10.9 Å². The van der Waals surface area contributed by atoms with Gasteiger partial charge in [-0.05, 0) is 12.3 Å². The van der Waals surface area contributed by atoms with Crippen LogP contribution in [0.3, 0.4) is 0 Å². The maximum Gasteiger partial charge on any atom is 0.191 e. The van der Waals surface area contributed by atoms with Crippen molar-refractivity contribution in [3.8, 4) is 0 Å². The van der Waals surface area contributed by atoms with Gasteiger partial charge in [-0.25, -0.2) is 4.98 Å². The Kier molecular flexibility index (Phi) is 7.48. The second-order valence-electron chi connectivity index (χ2n) is 4.58. The smallest absolute Gasteiger partial charge is 0.191 e. The molecule has 0 fully saturated rings. The minimum Gasteiger partial charge on any atom is -0.356 e. The van der Waals surface area contributed by atoms with E-state index in [-0.39, 0.29) is 0 Å². The largest absolute Gasteiger partial charge is 0.356 e. The molecule has 1 rings (SSSR count). The Morgan fingerprint density at radius 2 is 2.05 bits per heavy atom. The van der Waals surface area contributed by atoms with Crippen LogP contribution in [0, 0.1) is 5.92 Å². The molecule has 108 valence electrons. The van der Waals surface area contributed by atoms with Gasteiger partial charge in [-0.15, -0.1) is 11.3 Å². The van der Waals surface area contributed by atoms with E-state index in [4.69, 9.17) is 0 Å². The lowest BCUT2D eigenvalue weighted by Crippen LogP contribution is -2.39. The highest BCUT2D eigenvalue weighted by Crippen LogP contribution is 2.09. The standard InChI is InChI=1S/C14H26N4S/c1-5-11(6-2)8-16-14(15-4)17-9-12-10-19-13(7-3)18-12/h10-11H,5-9H2,1-4H3,(H2,15,16,17). The Hall–Kier alpha value is -1.10. The lowest BCUT2D eigenvalue weighted by Gasteiger charge is -2.16. The van der Waals surface area contributed by atoms with E-state index in [1.165, 1.54) is 17.8 Å². The molecule has 0 atom stereocenters. The predicted molar refractivity (Wildman–Crippen MR) is 83.8 cm³/mol. The topological polar surface area (TPSA) is 49.3 Å². The number of guanidine groups is 1. The van der Waals surface area contributed by atoms with E-state index in [0.717, 1.165) is 31.2 Å². The monoisotopic (exact) mass is 282 g/mol. The first-order valence-electron chi connectivity index (χ1n) is 7.11. The van der Waals surface area contributed by atoms with Gasteiger partial charge in [-0.3, -0.25) is 4.99 Å². The van der Waals surface area contributed by atoms with Crippen LogP contribution in [0.15, 0.2) is 10.4 Å². The van der Waals surface area contributed by atoms with Crippen molar-refractivity contribution >= 4 is 17.3 Å². The molecule has 19 heavy (non-hydrogen) atoms. The van der Waals surface area contributed by atoms with Crippen molar-refractivity contribution in [1.29, 1.82) is 0 Å². The van der Waals surface area contributed by atoms with Crippen molar-refractivity contribution in [2.75, 3.05) is 13.6 Å². The van der Waals surface area contributed by atoms with Gasteiger partial charge in [-0.1, -0.05) is 33.6 Å². The minimum absolute atomic E-state index is 0.713. The van der Waals surface area contributed by atoms with Crippen molar-refractivity contribution in [1.82, 2.24) is 15.6 Å². The number of thiazole rings is 1. The van der Waals surface area contributed by atoms with E-state index in [1.807, 2.05) is 0 Å². The molecule has 0 aliphatic carbocycles. The fourth-order valence-corrected chi connectivity index (χ4v) is 2.55. The molecule has 0 aliphatic heterocycles. The second-order valence-corrected chi connectivity index (χ2v) is 5.52. The van der Waals surface area contributed by atoms with E-state index < -0.39 is 0 Å². The summed E-state index contributed by atoms with van der Waals surface area (Å²) in [6, 6.07) is 0. The van der Waals surface area contributed by atoms with Crippen LogP contribution in [-0.2, 0) is 13.0 Å². The molecule has 0 saturated carbocycles. The Labute approximate surface area is 120 Å². The first-order chi connectivity index (χ1) is 9.23. The SMILES string of the molecule is CCc1nc(CNC(=NC)NCC(CC)CC)cs1. The van der Waals surface area contributed by atoms with Crippen molar-refractivity contribution in [2.45, 2.75) is 46.6 Å². The predicted octanol–water partition coefficient (Wildman–Crippen LogP) is 2.81. The highest BCUT2D eigenvalue weighted by Gasteiger charge is 2.05. The Balaban J connectivity index is 2.36. The molecule has 4 nitrogen and oxygen atoms in total. The molecule has 1 aromatic rings. The maximum atomic E-state index is 4.54. The third kappa shape index (κ3) is 5.59. The van der Waals surface area contributed by atoms with Crippen LogP contribution in [0.4, 0.5) is 0 Å². The summed E-state index contributed by atoms with van der Waals surface area (Å²) < 4.78 is 0. The van der Waals surface area contributed by atoms with Crippen LogP contribution in [0.2, 0.25) is 0 Å². The van der Waals surface area contributed by atoms with E-state index in [2.05, 4.69) is 46.8 Å². The van der Waals surface area contributed by atoms with Gasteiger partial charge in [0, 0.05) is 19.0 Å². The first-order valence-corrected chi connectivity index (χ1v) is 7.99. The van der Waals surface area contributed by atoms with E-state index >= 15 is 0 Å². The molecule has 2 N–H and O–H groups in total. The summed E-state index contributed by atoms with van der Waals surface area (Å²) in [6.45, 7) is 8.30. The third-order valence-corrected chi connectivity index (χ3v) is 4.32. The van der Waals surface area contributed by atoms with Gasteiger partial charge in [0.1, 0.15) is 0 Å². The normalized spacial score (nSPS) is 11.9.